The van der Waals surface area contributed by atoms with Gasteiger partial charge >= 0.3 is 0 Å². The molecule has 0 radical (unpaired) electrons. The lowest BCUT2D eigenvalue weighted by Crippen LogP contribution is -2.33. The molecule has 0 unspecified atom stereocenters. The summed E-state index contributed by atoms with van der Waals surface area (Å²) < 4.78 is 0. The van der Waals surface area contributed by atoms with Crippen LogP contribution in [0.3, 0.4) is 0 Å². The van der Waals surface area contributed by atoms with E-state index in [1.807, 2.05) is 19.1 Å². The van der Waals surface area contributed by atoms with Crippen LogP contribution in [-0.2, 0) is 9.59 Å². The van der Waals surface area contributed by atoms with Gasteiger partial charge in [-0.15, -0.1) is 0 Å². The van der Waals surface area contributed by atoms with Gasteiger partial charge in [-0.3, -0.25) is 14.5 Å². The van der Waals surface area contributed by atoms with Crippen LogP contribution in [0.1, 0.15) is 39.0 Å². The van der Waals surface area contributed by atoms with Gasteiger partial charge in [-0.1, -0.05) is 19.8 Å². The Morgan fingerprint density at radius 3 is 1.91 bits per heavy atom. The van der Waals surface area contributed by atoms with Crippen molar-refractivity contribution in [2.45, 2.75) is 39.0 Å². The quantitative estimate of drug-likeness (QED) is 0.879. The highest BCUT2D eigenvalue weighted by Crippen LogP contribution is 2.14. The van der Waals surface area contributed by atoms with Crippen molar-refractivity contribution in [2.75, 3.05) is 30.3 Å². The molecule has 1 aliphatic heterocycles. The van der Waals surface area contributed by atoms with Crippen LogP contribution in [-0.4, -0.2) is 36.3 Å². The van der Waals surface area contributed by atoms with Crippen molar-refractivity contribution in [3.8, 4) is 0 Å². The van der Waals surface area contributed by atoms with E-state index in [0.717, 1.165) is 24.5 Å². The van der Waals surface area contributed by atoms with Crippen molar-refractivity contribution < 1.29 is 9.59 Å². The minimum atomic E-state index is -0.0158. The zero-order chi connectivity index (χ0) is 15.8. The first kappa shape index (κ1) is 16.5. The predicted octanol–water partition coefficient (Wildman–Crippen LogP) is 2.85. The maximum atomic E-state index is 12.1. The number of hydrogen-bond acceptors (Lipinski definition) is 3. The molecule has 1 aromatic rings. The van der Waals surface area contributed by atoms with E-state index >= 15 is 0 Å². The Morgan fingerprint density at radius 2 is 1.41 bits per heavy atom. The molecule has 1 aromatic carbocycles. The van der Waals surface area contributed by atoms with Gasteiger partial charge in [0.15, 0.2) is 0 Å². The average Bonchev–Trinajstić information content (AvgIpc) is 2.77. The summed E-state index contributed by atoms with van der Waals surface area (Å²) >= 11 is 0. The minimum absolute atomic E-state index is 0.0158. The average molecular weight is 303 g/mol. The normalized spacial score (nSPS) is 15.9. The van der Waals surface area contributed by atoms with Crippen LogP contribution in [0.4, 0.5) is 11.4 Å². The summed E-state index contributed by atoms with van der Waals surface area (Å²) in [4.78, 5) is 25.6. The fourth-order valence-electron chi connectivity index (χ4n) is 2.58. The zero-order valence-electron chi connectivity index (χ0n) is 13.2. The van der Waals surface area contributed by atoms with E-state index in [0.29, 0.717) is 13.0 Å². The first-order valence-electron chi connectivity index (χ1n) is 8.09. The summed E-state index contributed by atoms with van der Waals surface area (Å²) in [5.41, 5.74) is 1.51. The van der Waals surface area contributed by atoms with Crippen molar-refractivity contribution in [1.82, 2.24) is 4.90 Å². The molecule has 5 nitrogen and oxygen atoms in total. The summed E-state index contributed by atoms with van der Waals surface area (Å²) in [7, 11) is 0. The monoisotopic (exact) mass is 303 g/mol. The number of amides is 2. The van der Waals surface area contributed by atoms with E-state index in [2.05, 4.69) is 15.5 Å². The Kier molecular flexibility index (Phi) is 6.40. The van der Waals surface area contributed by atoms with E-state index in [9.17, 15) is 9.59 Å². The SMILES string of the molecule is CCC(=O)Nc1ccc(NC(=O)CN2CCCCCC2)cc1. The number of carbonyl (C=O) groups excluding carboxylic acids is 2. The number of hydrogen-bond donors (Lipinski definition) is 2. The second kappa shape index (κ2) is 8.54. The molecule has 5 heteroatoms. The highest BCUT2D eigenvalue weighted by atomic mass is 16.2. The number of carbonyl (C=O) groups is 2. The molecule has 0 atom stereocenters. The van der Waals surface area contributed by atoms with Crippen LogP contribution >= 0.6 is 0 Å². The van der Waals surface area contributed by atoms with E-state index in [4.69, 9.17) is 0 Å². The van der Waals surface area contributed by atoms with E-state index in [1.54, 1.807) is 12.1 Å². The molecule has 22 heavy (non-hydrogen) atoms. The van der Waals surface area contributed by atoms with Crippen LogP contribution in [0.2, 0.25) is 0 Å². The first-order chi connectivity index (χ1) is 10.7. The molecular weight excluding hydrogens is 278 g/mol. The lowest BCUT2D eigenvalue weighted by atomic mass is 10.2. The number of benzene rings is 1. The van der Waals surface area contributed by atoms with Crippen molar-refractivity contribution in [3.63, 3.8) is 0 Å². The molecule has 120 valence electrons. The zero-order valence-corrected chi connectivity index (χ0v) is 13.2. The molecule has 1 saturated heterocycles. The molecule has 0 spiro atoms. The van der Waals surface area contributed by atoms with E-state index in [1.165, 1.54) is 25.7 Å². The Labute approximate surface area is 132 Å². The first-order valence-corrected chi connectivity index (χ1v) is 8.09. The highest BCUT2D eigenvalue weighted by molar-refractivity contribution is 5.93. The van der Waals surface area contributed by atoms with Crippen LogP contribution in [0.15, 0.2) is 24.3 Å². The van der Waals surface area contributed by atoms with Gasteiger partial charge in [-0.05, 0) is 50.2 Å². The van der Waals surface area contributed by atoms with Gasteiger partial charge in [0, 0.05) is 17.8 Å². The molecular formula is C17H25N3O2. The summed E-state index contributed by atoms with van der Waals surface area (Å²) in [6, 6.07) is 7.22. The van der Waals surface area contributed by atoms with Gasteiger partial charge in [0.1, 0.15) is 0 Å². The predicted molar refractivity (Wildman–Crippen MR) is 88.9 cm³/mol. The third-order valence-electron chi connectivity index (χ3n) is 3.84. The summed E-state index contributed by atoms with van der Waals surface area (Å²) in [6.45, 7) is 4.28. The number of nitrogens with one attached hydrogen (secondary N) is 2. The fraction of sp³-hybridized carbons (Fsp3) is 0.529. The number of nitrogens with zero attached hydrogens (tertiary/aromatic N) is 1. The maximum absolute atomic E-state index is 12.1. The van der Waals surface area contributed by atoms with Crippen molar-refractivity contribution in [3.05, 3.63) is 24.3 Å². The third-order valence-corrected chi connectivity index (χ3v) is 3.84. The molecule has 1 heterocycles. The summed E-state index contributed by atoms with van der Waals surface area (Å²) in [5.74, 6) is 0.00481. The van der Waals surface area contributed by atoms with Crippen LogP contribution in [0.25, 0.3) is 0 Å². The second-order valence-electron chi connectivity index (χ2n) is 5.72. The Balaban J connectivity index is 1.82. The van der Waals surface area contributed by atoms with E-state index < -0.39 is 0 Å². The number of anilines is 2. The lowest BCUT2D eigenvalue weighted by molar-refractivity contribution is -0.117. The molecule has 0 aliphatic carbocycles. The number of likely N-dealkylation sites (tertiary alicyclic amines) is 1. The molecule has 1 fully saturated rings. The Bertz CT molecular complexity index is 491. The highest BCUT2D eigenvalue weighted by Gasteiger charge is 2.13. The molecule has 2 N–H and O–H groups in total. The standard InChI is InChI=1S/C17H25N3O2/c1-2-16(21)18-14-7-9-15(10-8-14)19-17(22)13-20-11-5-3-4-6-12-20/h7-10H,2-6,11-13H2,1H3,(H,18,21)(H,19,22). The minimum Gasteiger partial charge on any atom is -0.326 e. The third kappa shape index (κ3) is 5.48. The van der Waals surface area contributed by atoms with Crippen LogP contribution in [0, 0.1) is 0 Å². The topological polar surface area (TPSA) is 61.4 Å². The van der Waals surface area contributed by atoms with Crippen LogP contribution < -0.4 is 10.6 Å². The lowest BCUT2D eigenvalue weighted by Gasteiger charge is -2.19. The molecule has 2 rings (SSSR count). The van der Waals surface area contributed by atoms with Gasteiger partial charge in [0.05, 0.1) is 6.54 Å². The summed E-state index contributed by atoms with van der Waals surface area (Å²) in [6.07, 6.45) is 5.35. The Hall–Kier alpha value is -1.88. The van der Waals surface area contributed by atoms with Crippen molar-refractivity contribution >= 4 is 23.2 Å². The second-order valence-corrected chi connectivity index (χ2v) is 5.72. The van der Waals surface area contributed by atoms with Crippen molar-refractivity contribution in [2.24, 2.45) is 0 Å². The van der Waals surface area contributed by atoms with E-state index in [-0.39, 0.29) is 11.8 Å². The van der Waals surface area contributed by atoms with Gasteiger partial charge in [0.25, 0.3) is 0 Å². The largest absolute Gasteiger partial charge is 0.326 e. The van der Waals surface area contributed by atoms with Crippen LogP contribution in [0.5, 0.6) is 0 Å². The van der Waals surface area contributed by atoms with Gasteiger partial charge in [-0.2, -0.15) is 0 Å². The van der Waals surface area contributed by atoms with Crippen molar-refractivity contribution in [1.29, 1.82) is 0 Å². The Morgan fingerprint density at radius 1 is 0.909 bits per heavy atom. The maximum Gasteiger partial charge on any atom is 0.238 e. The molecule has 0 saturated carbocycles. The van der Waals surface area contributed by atoms with Gasteiger partial charge in [-0.25, -0.2) is 0 Å². The molecule has 1 aliphatic rings. The number of rotatable bonds is 5. The molecule has 0 aromatic heterocycles. The molecule has 2 amide bonds. The van der Waals surface area contributed by atoms with Gasteiger partial charge < -0.3 is 10.6 Å². The smallest absolute Gasteiger partial charge is 0.238 e. The molecule has 0 bridgehead atoms. The summed E-state index contributed by atoms with van der Waals surface area (Å²) in [5, 5.41) is 5.70. The fourth-order valence-corrected chi connectivity index (χ4v) is 2.58. The van der Waals surface area contributed by atoms with Gasteiger partial charge in [0.2, 0.25) is 11.8 Å².